The molecule has 2 aromatic rings. The molecule has 0 saturated heterocycles. The number of carbonyl (C=O) groups is 1. The highest BCUT2D eigenvalue weighted by Gasteiger charge is 2.29. The second-order valence-electron chi connectivity index (χ2n) is 6.91. The first kappa shape index (κ1) is 22.3. The summed E-state index contributed by atoms with van der Waals surface area (Å²) in [5.74, 6) is 1.34. The molecule has 28 heavy (non-hydrogen) atoms. The third-order valence-corrected chi connectivity index (χ3v) is 6.48. The molecule has 7 heteroatoms. The van der Waals surface area contributed by atoms with E-state index >= 15 is 0 Å². The van der Waals surface area contributed by atoms with Crippen molar-refractivity contribution in [1.82, 2.24) is 5.32 Å². The molecule has 2 rings (SSSR count). The number of amides is 1. The molecular formula is C21H28N2O3S2. The third-order valence-electron chi connectivity index (χ3n) is 4.21. The lowest BCUT2D eigenvalue weighted by Crippen LogP contribution is -2.48. The van der Waals surface area contributed by atoms with Crippen LogP contribution in [0.25, 0.3) is 0 Å². The van der Waals surface area contributed by atoms with Crippen molar-refractivity contribution in [3.05, 3.63) is 65.2 Å². The predicted octanol–water partition coefficient (Wildman–Crippen LogP) is 3.51. The van der Waals surface area contributed by atoms with E-state index in [1.807, 2.05) is 38.1 Å². The van der Waals surface area contributed by atoms with Gasteiger partial charge in [-0.1, -0.05) is 36.4 Å². The van der Waals surface area contributed by atoms with Crippen LogP contribution in [0.2, 0.25) is 0 Å². The molecule has 0 fully saturated rings. The lowest BCUT2D eigenvalue weighted by molar-refractivity contribution is -0.121. The number of nitrogens with zero attached hydrogens (tertiary/aromatic N) is 1. The minimum Gasteiger partial charge on any atom is -0.353 e. The Hall–Kier alpha value is -1.99. The van der Waals surface area contributed by atoms with Gasteiger partial charge < -0.3 is 5.32 Å². The predicted molar refractivity (Wildman–Crippen MR) is 118 cm³/mol. The third kappa shape index (κ3) is 6.56. The summed E-state index contributed by atoms with van der Waals surface area (Å²) in [5.41, 5.74) is 3.66. The molecule has 0 aliphatic heterocycles. The first-order valence-corrected chi connectivity index (χ1v) is 12.2. The second-order valence-corrected chi connectivity index (χ2v) is 9.87. The number of hydrogen-bond donors (Lipinski definition) is 1. The summed E-state index contributed by atoms with van der Waals surface area (Å²) in [7, 11) is -3.60. The van der Waals surface area contributed by atoms with E-state index in [0.29, 0.717) is 12.2 Å². The topological polar surface area (TPSA) is 66.5 Å². The molecular weight excluding hydrogens is 392 g/mol. The molecule has 0 saturated carbocycles. The smallest absolute Gasteiger partial charge is 0.243 e. The fourth-order valence-corrected chi connectivity index (χ4v) is 5.02. The largest absolute Gasteiger partial charge is 0.353 e. The monoisotopic (exact) mass is 420 g/mol. The summed E-state index contributed by atoms with van der Waals surface area (Å²) < 4.78 is 25.9. The fourth-order valence-electron chi connectivity index (χ4n) is 3.05. The Morgan fingerprint density at radius 2 is 1.71 bits per heavy atom. The number of hydrogen-bond acceptors (Lipinski definition) is 4. The van der Waals surface area contributed by atoms with Gasteiger partial charge in [-0.3, -0.25) is 9.10 Å². The van der Waals surface area contributed by atoms with E-state index in [4.69, 9.17) is 0 Å². The Kier molecular flexibility index (Phi) is 7.95. The standard InChI is InChI=1S/C21H28N2O3S2/c1-16-12-17(2)14-20(13-16)23(28(4,25)26)18(3)21(24)22-10-11-27-15-19-8-6-5-7-9-19/h5-9,12-14,18H,10-11,15H2,1-4H3,(H,22,24)/t18-/m0/s1. The van der Waals surface area contributed by atoms with Crippen LogP contribution in [0.3, 0.4) is 0 Å². The van der Waals surface area contributed by atoms with Gasteiger partial charge in [0, 0.05) is 18.1 Å². The summed E-state index contributed by atoms with van der Waals surface area (Å²) >= 11 is 1.73. The normalized spacial score (nSPS) is 12.4. The van der Waals surface area contributed by atoms with Crippen molar-refractivity contribution in [2.75, 3.05) is 22.9 Å². The molecule has 1 N–H and O–H groups in total. The zero-order chi connectivity index (χ0) is 20.7. The summed E-state index contributed by atoms with van der Waals surface area (Å²) in [6, 6.07) is 14.9. The SMILES string of the molecule is Cc1cc(C)cc(N([C@@H](C)C(=O)NCCSCc2ccccc2)S(C)(=O)=O)c1. The minimum atomic E-state index is -3.60. The van der Waals surface area contributed by atoms with Gasteiger partial charge in [0.25, 0.3) is 0 Å². The summed E-state index contributed by atoms with van der Waals surface area (Å²) in [4.78, 5) is 12.6. The van der Waals surface area contributed by atoms with Crippen LogP contribution in [0.15, 0.2) is 48.5 Å². The number of benzene rings is 2. The highest BCUT2D eigenvalue weighted by atomic mass is 32.2. The molecule has 0 aromatic heterocycles. The van der Waals surface area contributed by atoms with Gasteiger partial charge in [0.15, 0.2) is 0 Å². The average Bonchev–Trinajstić information content (AvgIpc) is 2.60. The Morgan fingerprint density at radius 3 is 2.29 bits per heavy atom. The van der Waals surface area contributed by atoms with E-state index in [-0.39, 0.29) is 5.91 Å². The Bertz CT molecular complexity index is 879. The minimum absolute atomic E-state index is 0.301. The summed E-state index contributed by atoms with van der Waals surface area (Å²) in [5, 5.41) is 2.85. The van der Waals surface area contributed by atoms with Gasteiger partial charge in [0.2, 0.25) is 15.9 Å². The van der Waals surface area contributed by atoms with Gasteiger partial charge in [-0.25, -0.2) is 8.42 Å². The van der Waals surface area contributed by atoms with Crippen molar-refractivity contribution >= 4 is 33.4 Å². The van der Waals surface area contributed by atoms with E-state index in [0.717, 1.165) is 28.9 Å². The maximum atomic E-state index is 12.6. The lowest BCUT2D eigenvalue weighted by atomic mass is 10.1. The Balaban J connectivity index is 1.96. The van der Waals surface area contributed by atoms with Crippen molar-refractivity contribution in [3.63, 3.8) is 0 Å². The molecule has 0 heterocycles. The lowest BCUT2D eigenvalue weighted by Gasteiger charge is -2.28. The van der Waals surface area contributed by atoms with E-state index in [1.165, 1.54) is 9.87 Å². The van der Waals surface area contributed by atoms with Crippen LogP contribution in [-0.2, 0) is 20.6 Å². The second kappa shape index (κ2) is 9.98. The molecule has 152 valence electrons. The molecule has 5 nitrogen and oxygen atoms in total. The molecule has 1 atom stereocenters. The molecule has 0 spiro atoms. The number of sulfonamides is 1. The van der Waals surface area contributed by atoms with Crippen molar-refractivity contribution in [1.29, 1.82) is 0 Å². The van der Waals surface area contributed by atoms with Gasteiger partial charge in [-0.15, -0.1) is 0 Å². The van der Waals surface area contributed by atoms with Gasteiger partial charge in [-0.05, 0) is 49.6 Å². The summed E-state index contributed by atoms with van der Waals surface area (Å²) in [6.45, 7) is 5.92. The molecule has 1 amide bonds. The van der Waals surface area contributed by atoms with E-state index < -0.39 is 16.1 Å². The average molecular weight is 421 g/mol. The number of nitrogens with one attached hydrogen (secondary N) is 1. The van der Waals surface area contributed by atoms with E-state index in [2.05, 4.69) is 17.4 Å². The van der Waals surface area contributed by atoms with Crippen molar-refractivity contribution < 1.29 is 13.2 Å². The maximum Gasteiger partial charge on any atom is 0.243 e. The molecule has 0 aliphatic carbocycles. The molecule has 2 aromatic carbocycles. The first-order chi connectivity index (χ1) is 13.2. The molecule has 0 radical (unpaired) electrons. The number of aryl methyl sites for hydroxylation is 2. The number of anilines is 1. The van der Waals surface area contributed by atoms with Gasteiger partial charge >= 0.3 is 0 Å². The number of rotatable bonds is 9. The molecule has 0 bridgehead atoms. The fraction of sp³-hybridized carbons (Fsp3) is 0.381. The van der Waals surface area contributed by atoms with Gasteiger partial charge in [-0.2, -0.15) is 11.8 Å². The van der Waals surface area contributed by atoms with Crippen LogP contribution in [0.5, 0.6) is 0 Å². The zero-order valence-electron chi connectivity index (χ0n) is 16.8. The number of thioether (sulfide) groups is 1. The quantitative estimate of drug-likeness (QED) is 0.631. The maximum absolute atomic E-state index is 12.6. The van der Waals surface area contributed by atoms with Crippen LogP contribution in [-0.4, -0.2) is 38.9 Å². The van der Waals surface area contributed by atoms with Crippen LogP contribution < -0.4 is 9.62 Å². The summed E-state index contributed by atoms with van der Waals surface area (Å²) in [6.07, 6.45) is 1.13. The van der Waals surface area contributed by atoms with Crippen LogP contribution in [0.4, 0.5) is 5.69 Å². The van der Waals surface area contributed by atoms with E-state index in [9.17, 15) is 13.2 Å². The van der Waals surface area contributed by atoms with Gasteiger partial charge in [0.05, 0.1) is 11.9 Å². The Labute approximate surface area is 172 Å². The highest BCUT2D eigenvalue weighted by molar-refractivity contribution is 7.98. The highest BCUT2D eigenvalue weighted by Crippen LogP contribution is 2.24. The number of carbonyl (C=O) groups excluding carboxylic acids is 1. The Morgan fingerprint density at radius 1 is 1.11 bits per heavy atom. The van der Waals surface area contributed by atoms with Crippen molar-refractivity contribution in [2.45, 2.75) is 32.6 Å². The van der Waals surface area contributed by atoms with Crippen LogP contribution in [0.1, 0.15) is 23.6 Å². The van der Waals surface area contributed by atoms with E-state index in [1.54, 1.807) is 30.8 Å². The van der Waals surface area contributed by atoms with Crippen LogP contribution in [0, 0.1) is 13.8 Å². The zero-order valence-corrected chi connectivity index (χ0v) is 18.4. The molecule has 0 unspecified atom stereocenters. The molecule has 0 aliphatic rings. The van der Waals surface area contributed by atoms with Gasteiger partial charge in [0.1, 0.15) is 6.04 Å². The van der Waals surface area contributed by atoms with Crippen molar-refractivity contribution in [3.8, 4) is 0 Å². The first-order valence-electron chi connectivity index (χ1n) is 9.15. The van der Waals surface area contributed by atoms with Crippen LogP contribution >= 0.6 is 11.8 Å². The van der Waals surface area contributed by atoms with Crippen molar-refractivity contribution in [2.24, 2.45) is 0 Å².